The Morgan fingerprint density at radius 2 is 1.74 bits per heavy atom. The monoisotopic (exact) mass is 468 g/mol. The predicted molar refractivity (Wildman–Crippen MR) is 126 cm³/mol. The predicted octanol–water partition coefficient (Wildman–Crippen LogP) is 6.50. The van der Waals surface area contributed by atoms with Crippen molar-refractivity contribution in [3.63, 3.8) is 0 Å². The van der Waals surface area contributed by atoms with E-state index in [1.54, 1.807) is 42.5 Å². The summed E-state index contributed by atoms with van der Waals surface area (Å²) >= 11 is 0. The van der Waals surface area contributed by atoms with Crippen LogP contribution in [0.15, 0.2) is 72.5 Å². The molecule has 2 aromatic rings. The third-order valence-electron chi connectivity index (χ3n) is 6.29. The number of carbonyl (C=O) groups is 1. The molecule has 4 atom stereocenters. The maximum Gasteiger partial charge on any atom is 0.192 e. The fourth-order valence-electron chi connectivity index (χ4n) is 4.30. The van der Waals surface area contributed by atoms with Crippen molar-refractivity contribution >= 4 is 11.9 Å². The number of allylic oxidation sites excluding steroid dienone is 5. The summed E-state index contributed by atoms with van der Waals surface area (Å²) < 4.78 is 54.9. The van der Waals surface area contributed by atoms with Gasteiger partial charge in [-0.05, 0) is 59.7 Å². The first kappa shape index (κ1) is 24.0. The molecule has 1 aliphatic heterocycles. The lowest BCUT2D eigenvalue weighted by atomic mass is 9.89. The van der Waals surface area contributed by atoms with E-state index in [1.807, 2.05) is 13.0 Å². The Bertz CT molecular complexity index is 1100. The van der Waals surface area contributed by atoms with Gasteiger partial charge in [-0.15, -0.1) is 0 Å². The van der Waals surface area contributed by atoms with E-state index in [1.165, 1.54) is 18.2 Å². The van der Waals surface area contributed by atoms with Crippen LogP contribution in [-0.2, 0) is 14.3 Å². The number of benzene rings is 2. The van der Waals surface area contributed by atoms with Gasteiger partial charge in [0.2, 0.25) is 0 Å². The number of alkyl halides is 2. The molecular weight excluding hydrogens is 441 g/mol. The second-order valence-corrected chi connectivity index (χ2v) is 8.47. The standard InChI is InChI=1S/C28H27F3O3/c1-2-3-14-33-26-13-12-24(27(30)28(26)31)19-6-4-18(5-7-19)20-9-11-23(25(29)15-20)21-8-10-22(16-32)34-17-21/h2-7,9,11-13,15-16,21-22,27-28H,8,10,14,17H2,1H3/b3-2+. The number of hydrogen-bond acceptors (Lipinski definition) is 3. The van der Waals surface area contributed by atoms with Crippen LogP contribution in [0, 0.1) is 5.82 Å². The highest BCUT2D eigenvalue weighted by Crippen LogP contribution is 2.35. The van der Waals surface area contributed by atoms with Gasteiger partial charge in [-0.2, -0.15) is 0 Å². The molecule has 1 aliphatic carbocycles. The molecule has 2 aliphatic rings. The molecule has 1 fully saturated rings. The smallest absolute Gasteiger partial charge is 0.192 e. The van der Waals surface area contributed by atoms with Crippen molar-refractivity contribution in [1.29, 1.82) is 0 Å². The molecule has 1 heterocycles. The molecule has 34 heavy (non-hydrogen) atoms. The van der Waals surface area contributed by atoms with Crippen LogP contribution in [0.3, 0.4) is 0 Å². The SMILES string of the molecule is C/C=C/COC1=CC=C(c2ccc(-c3ccc(C4CCC(C=O)OC4)c(F)c3)cc2)C(F)C1F. The first-order valence-corrected chi connectivity index (χ1v) is 11.4. The molecule has 0 bridgehead atoms. The molecule has 1 saturated heterocycles. The lowest BCUT2D eigenvalue weighted by Gasteiger charge is -2.26. The van der Waals surface area contributed by atoms with Gasteiger partial charge < -0.3 is 14.3 Å². The van der Waals surface area contributed by atoms with Crippen LogP contribution in [0.5, 0.6) is 0 Å². The molecule has 2 aromatic carbocycles. The van der Waals surface area contributed by atoms with Crippen molar-refractivity contribution < 1.29 is 27.4 Å². The van der Waals surface area contributed by atoms with E-state index in [9.17, 15) is 18.0 Å². The summed E-state index contributed by atoms with van der Waals surface area (Å²) in [4.78, 5) is 10.8. The van der Waals surface area contributed by atoms with Crippen LogP contribution in [0.4, 0.5) is 13.2 Å². The summed E-state index contributed by atoms with van der Waals surface area (Å²) in [6.45, 7) is 2.33. The molecule has 4 unspecified atom stereocenters. The summed E-state index contributed by atoms with van der Waals surface area (Å²) in [5.41, 5.74) is 2.83. The molecule has 3 nitrogen and oxygen atoms in total. The van der Waals surface area contributed by atoms with Gasteiger partial charge in [-0.3, -0.25) is 0 Å². The quantitative estimate of drug-likeness (QED) is 0.344. The Kier molecular flexibility index (Phi) is 7.68. The van der Waals surface area contributed by atoms with Gasteiger partial charge in [-0.25, -0.2) is 13.2 Å². The molecule has 0 spiro atoms. The highest BCUT2D eigenvalue weighted by atomic mass is 19.2. The second kappa shape index (κ2) is 10.9. The Morgan fingerprint density at radius 3 is 2.38 bits per heavy atom. The molecule has 0 saturated carbocycles. The van der Waals surface area contributed by atoms with Gasteiger partial charge in [0.1, 0.15) is 30.6 Å². The third kappa shape index (κ3) is 5.17. The molecule has 0 radical (unpaired) electrons. The number of halogens is 3. The van der Waals surface area contributed by atoms with E-state index in [0.29, 0.717) is 36.1 Å². The van der Waals surface area contributed by atoms with Crippen molar-refractivity contribution in [2.45, 2.75) is 44.1 Å². The molecule has 6 heteroatoms. The lowest BCUT2D eigenvalue weighted by Crippen LogP contribution is -2.26. The number of rotatable bonds is 7. The van der Waals surface area contributed by atoms with E-state index >= 15 is 0 Å². The molecular formula is C28H27F3O3. The Hall–Kier alpha value is -3.12. The van der Waals surface area contributed by atoms with Crippen molar-refractivity contribution in [2.75, 3.05) is 13.2 Å². The first-order valence-electron chi connectivity index (χ1n) is 11.4. The third-order valence-corrected chi connectivity index (χ3v) is 6.29. The summed E-state index contributed by atoms with van der Waals surface area (Å²) in [7, 11) is 0. The Morgan fingerprint density at radius 1 is 1.00 bits per heavy atom. The van der Waals surface area contributed by atoms with Crippen molar-refractivity contribution in [2.24, 2.45) is 0 Å². The van der Waals surface area contributed by atoms with Crippen LogP contribution < -0.4 is 0 Å². The molecule has 0 N–H and O–H groups in total. The van der Waals surface area contributed by atoms with Crippen LogP contribution >= 0.6 is 0 Å². The minimum atomic E-state index is -1.86. The maximum absolute atomic E-state index is 14.9. The van der Waals surface area contributed by atoms with E-state index in [4.69, 9.17) is 9.47 Å². The average Bonchev–Trinajstić information content (AvgIpc) is 2.87. The Balaban J connectivity index is 1.48. The zero-order valence-electron chi connectivity index (χ0n) is 18.9. The van der Waals surface area contributed by atoms with Gasteiger partial charge in [0.25, 0.3) is 0 Å². The summed E-state index contributed by atoms with van der Waals surface area (Å²) in [6.07, 6.45) is 4.48. The van der Waals surface area contributed by atoms with Gasteiger partial charge >= 0.3 is 0 Å². The zero-order valence-corrected chi connectivity index (χ0v) is 18.9. The van der Waals surface area contributed by atoms with Crippen LogP contribution in [-0.4, -0.2) is 37.9 Å². The van der Waals surface area contributed by atoms with Crippen molar-refractivity contribution in [3.05, 3.63) is 89.5 Å². The number of ether oxygens (including phenoxy) is 2. The second-order valence-electron chi connectivity index (χ2n) is 8.47. The first-order chi connectivity index (χ1) is 16.5. The van der Waals surface area contributed by atoms with E-state index in [-0.39, 0.29) is 29.7 Å². The average molecular weight is 469 g/mol. The van der Waals surface area contributed by atoms with E-state index in [0.717, 1.165) is 11.8 Å². The maximum atomic E-state index is 14.9. The summed E-state index contributed by atoms with van der Waals surface area (Å²) in [5.74, 6) is -0.429. The highest BCUT2D eigenvalue weighted by Gasteiger charge is 2.32. The molecule has 0 amide bonds. The normalized spacial score (nSPS) is 25.1. The Labute approximate surface area is 197 Å². The molecule has 4 rings (SSSR count). The topological polar surface area (TPSA) is 35.5 Å². The summed E-state index contributed by atoms with van der Waals surface area (Å²) in [6, 6.07) is 12.0. The number of hydrogen-bond donors (Lipinski definition) is 0. The van der Waals surface area contributed by atoms with E-state index < -0.39 is 18.4 Å². The van der Waals surface area contributed by atoms with Crippen LogP contribution in [0.25, 0.3) is 16.7 Å². The molecule has 178 valence electrons. The lowest BCUT2D eigenvalue weighted by molar-refractivity contribution is -0.121. The number of carbonyl (C=O) groups excluding carboxylic acids is 1. The van der Waals surface area contributed by atoms with Crippen LogP contribution in [0.2, 0.25) is 0 Å². The number of aldehydes is 1. The fraction of sp³-hybridized carbons (Fsp3) is 0.321. The van der Waals surface area contributed by atoms with Gasteiger partial charge in [0.05, 0.1) is 6.61 Å². The minimum absolute atomic E-state index is 0.0217. The van der Waals surface area contributed by atoms with Gasteiger partial charge in [0, 0.05) is 5.92 Å². The highest BCUT2D eigenvalue weighted by molar-refractivity contribution is 5.75. The minimum Gasteiger partial charge on any atom is -0.491 e. The fourth-order valence-corrected chi connectivity index (χ4v) is 4.30. The van der Waals surface area contributed by atoms with Gasteiger partial charge in [0.15, 0.2) is 12.3 Å². The molecule has 0 aromatic heterocycles. The van der Waals surface area contributed by atoms with Crippen LogP contribution in [0.1, 0.15) is 36.8 Å². The van der Waals surface area contributed by atoms with Crippen molar-refractivity contribution in [1.82, 2.24) is 0 Å². The van der Waals surface area contributed by atoms with Gasteiger partial charge in [-0.1, -0.05) is 54.6 Å². The van der Waals surface area contributed by atoms with Crippen molar-refractivity contribution in [3.8, 4) is 11.1 Å². The largest absolute Gasteiger partial charge is 0.491 e. The van der Waals surface area contributed by atoms with E-state index in [2.05, 4.69) is 0 Å². The summed E-state index contributed by atoms with van der Waals surface area (Å²) in [5, 5.41) is 0. The zero-order chi connectivity index (χ0) is 24.1.